The molecule has 2 aromatic rings. The van der Waals surface area contributed by atoms with Gasteiger partial charge in [-0.25, -0.2) is 8.78 Å². The first-order chi connectivity index (χ1) is 14.7. The maximum atomic E-state index is 13.8. The molecule has 1 fully saturated rings. The van der Waals surface area contributed by atoms with E-state index in [1.54, 1.807) is 6.92 Å². The van der Waals surface area contributed by atoms with E-state index in [0.29, 0.717) is 19.1 Å². The van der Waals surface area contributed by atoms with Gasteiger partial charge in [-0.15, -0.1) is 0 Å². The van der Waals surface area contributed by atoms with Gasteiger partial charge in [-0.05, 0) is 25.8 Å². The molecule has 0 unspecified atom stereocenters. The summed E-state index contributed by atoms with van der Waals surface area (Å²) in [6.07, 6.45) is 2.97. The van der Waals surface area contributed by atoms with E-state index in [1.165, 1.54) is 16.8 Å². The van der Waals surface area contributed by atoms with Gasteiger partial charge in [0.05, 0.1) is 18.1 Å². The molecule has 3 heterocycles. The van der Waals surface area contributed by atoms with Gasteiger partial charge in [0.25, 0.3) is 5.91 Å². The number of hydrogen-bond donors (Lipinski definition) is 2. The Bertz CT molecular complexity index is 1130. The van der Waals surface area contributed by atoms with E-state index in [0.717, 1.165) is 18.9 Å². The van der Waals surface area contributed by atoms with Crippen LogP contribution in [0.2, 0.25) is 0 Å². The number of amides is 1. The van der Waals surface area contributed by atoms with Gasteiger partial charge >= 0.3 is 0 Å². The van der Waals surface area contributed by atoms with Crippen LogP contribution in [0.1, 0.15) is 52.6 Å². The second-order valence-electron chi connectivity index (χ2n) is 8.20. The first-order valence-electron chi connectivity index (χ1n) is 10.1. The molecule has 2 aliphatic rings. The van der Waals surface area contributed by atoms with E-state index >= 15 is 0 Å². The Kier molecular flexibility index (Phi) is 5.38. The van der Waals surface area contributed by atoms with Gasteiger partial charge in [0, 0.05) is 31.0 Å². The second-order valence-corrected chi connectivity index (χ2v) is 8.20. The third-order valence-corrected chi connectivity index (χ3v) is 6.17. The van der Waals surface area contributed by atoms with Crippen molar-refractivity contribution in [2.45, 2.75) is 45.4 Å². The van der Waals surface area contributed by atoms with Crippen molar-refractivity contribution in [2.75, 3.05) is 6.61 Å². The average Bonchev–Trinajstić information content (AvgIpc) is 2.92. The number of halogens is 2. The van der Waals surface area contributed by atoms with E-state index in [2.05, 4.69) is 5.32 Å². The number of rotatable bonds is 3. The third kappa shape index (κ3) is 3.63. The summed E-state index contributed by atoms with van der Waals surface area (Å²) < 4.78 is 34.1. The number of ketones is 1. The molecular formula is C22H22F2N2O5. The quantitative estimate of drug-likeness (QED) is 0.777. The van der Waals surface area contributed by atoms with E-state index in [-0.39, 0.29) is 35.7 Å². The van der Waals surface area contributed by atoms with Gasteiger partial charge < -0.3 is 19.7 Å². The summed E-state index contributed by atoms with van der Waals surface area (Å²) in [5.41, 5.74) is -2.31. The summed E-state index contributed by atoms with van der Waals surface area (Å²) in [5, 5.41) is 12.9. The van der Waals surface area contributed by atoms with Crippen molar-refractivity contribution in [2.24, 2.45) is 5.41 Å². The lowest BCUT2D eigenvalue weighted by Gasteiger charge is -2.40. The van der Waals surface area contributed by atoms with Crippen LogP contribution in [0.15, 0.2) is 29.2 Å². The van der Waals surface area contributed by atoms with E-state index < -0.39 is 40.2 Å². The fraction of sp³-hybridized carbons (Fsp3) is 0.409. The molecule has 4 rings (SSSR count). The number of nitrogens with zero attached hydrogens (tertiary/aromatic N) is 1. The summed E-state index contributed by atoms with van der Waals surface area (Å²) in [6, 6.07) is 2.93. The van der Waals surface area contributed by atoms with Gasteiger partial charge in [0.15, 0.2) is 11.5 Å². The van der Waals surface area contributed by atoms with Gasteiger partial charge in [0.1, 0.15) is 22.9 Å². The third-order valence-electron chi connectivity index (χ3n) is 6.17. The van der Waals surface area contributed by atoms with Crippen molar-refractivity contribution in [3.63, 3.8) is 0 Å². The number of Topliss-reactive ketones (excluding diaryl/α,β-unsaturated/α-hetero) is 1. The Hall–Kier alpha value is -3.07. The predicted molar refractivity (Wildman–Crippen MR) is 106 cm³/mol. The molecule has 0 spiro atoms. The number of benzene rings is 1. The molecule has 1 aromatic carbocycles. The Morgan fingerprint density at radius 3 is 2.84 bits per heavy atom. The normalized spacial score (nSPS) is 22.9. The number of carbonyl (C=O) groups excluding carboxylic acids is 2. The molecule has 0 radical (unpaired) electrons. The number of pyridine rings is 1. The molecule has 9 heteroatoms. The monoisotopic (exact) mass is 432 g/mol. The summed E-state index contributed by atoms with van der Waals surface area (Å²) >= 11 is 0. The van der Waals surface area contributed by atoms with Crippen LogP contribution < -0.4 is 10.7 Å². The van der Waals surface area contributed by atoms with Crippen LogP contribution in [0.25, 0.3) is 0 Å². The molecule has 164 valence electrons. The highest BCUT2D eigenvalue weighted by atomic mass is 19.1. The van der Waals surface area contributed by atoms with Crippen molar-refractivity contribution in [3.8, 4) is 5.75 Å². The van der Waals surface area contributed by atoms with Crippen LogP contribution >= 0.6 is 0 Å². The van der Waals surface area contributed by atoms with Crippen molar-refractivity contribution < 1.29 is 28.2 Å². The maximum absolute atomic E-state index is 13.8. The van der Waals surface area contributed by atoms with Gasteiger partial charge in [0.2, 0.25) is 5.43 Å². The highest BCUT2D eigenvalue weighted by Crippen LogP contribution is 2.42. The van der Waals surface area contributed by atoms with Crippen molar-refractivity contribution in [3.05, 3.63) is 63.1 Å². The van der Waals surface area contributed by atoms with Crippen LogP contribution in [0.5, 0.6) is 5.75 Å². The number of aromatic nitrogens is 1. The van der Waals surface area contributed by atoms with Crippen molar-refractivity contribution in [1.82, 2.24) is 9.88 Å². The molecular weight excluding hydrogens is 410 g/mol. The van der Waals surface area contributed by atoms with Crippen LogP contribution in [0.3, 0.4) is 0 Å². The van der Waals surface area contributed by atoms with Crippen LogP contribution in [0, 0.1) is 17.0 Å². The highest BCUT2D eigenvalue weighted by molar-refractivity contribution is 6.03. The molecule has 0 bridgehead atoms. The van der Waals surface area contributed by atoms with E-state index in [1.807, 2.05) is 0 Å². The first-order valence-corrected chi connectivity index (χ1v) is 10.1. The number of ether oxygens (including phenoxy) is 1. The van der Waals surface area contributed by atoms with Crippen LogP contribution in [-0.2, 0) is 17.8 Å². The van der Waals surface area contributed by atoms with Crippen LogP contribution in [0.4, 0.5) is 8.78 Å². The summed E-state index contributed by atoms with van der Waals surface area (Å²) in [7, 11) is 0. The zero-order valence-corrected chi connectivity index (χ0v) is 16.9. The standard InChI is InChI=1S/C22H22F2N2O5/c1-22-6-2-3-7-31-16(22)11-26-10-14(18(27)19(28)17(26)20(22)29)21(30)25-9-12-4-5-13(23)8-15(12)24/h4-5,8,10,16,28H,2-3,6-7,9,11H2,1H3,(H,25,30)/t16-,22-/m1/s1. The molecule has 1 aromatic heterocycles. The molecule has 2 aliphatic heterocycles. The SMILES string of the molecule is C[C@@]12CCCCO[C@@H]1Cn1cc(C(=O)NCc3ccc(F)cc3F)c(=O)c(O)c1C2=O. The summed E-state index contributed by atoms with van der Waals surface area (Å²) in [6.45, 7) is 2.20. The maximum Gasteiger partial charge on any atom is 0.257 e. The minimum absolute atomic E-state index is 0.0369. The Morgan fingerprint density at radius 1 is 1.32 bits per heavy atom. The lowest BCUT2D eigenvalue weighted by atomic mass is 9.72. The molecule has 0 aliphatic carbocycles. The Morgan fingerprint density at radius 2 is 2.10 bits per heavy atom. The second kappa shape index (κ2) is 7.88. The molecule has 31 heavy (non-hydrogen) atoms. The molecule has 0 saturated carbocycles. The van der Waals surface area contributed by atoms with Crippen molar-refractivity contribution in [1.29, 1.82) is 0 Å². The smallest absolute Gasteiger partial charge is 0.257 e. The molecule has 2 N–H and O–H groups in total. The largest absolute Gasteiger partial charge is 0.503 e. The summed E-state index contributed by atoms with van der Waals surface area (Å²) in [5.74, 6) is -3.60. The minimum atomic E-state index is -0.978. The fourth-order valence-electron chi connectivity index (χ4n) is 4.26. The molecule has 7 nitrogen and oxygen atoms in total. The predicted octanol–water partition coefficient (Wildman–Crippen LogP) is 2.53. The average molecular weight is 432 g/mol. The summed E-state index contributed by atoms with van der Waals surface area (Å²) in [4.78, 5) is 38.4. The Balaban J connectivity index is 1.65. The number of fused-ring (bicyclic) bond motifs is 2. The lowest BCUT2D eigenvalue weighted by molar-refractivity contribution is -0.0284. The van der Waals surface area contributed by atoms with E-state index in [4.69, 9.17) is 4.74 Å². The van der Waals surface area contributed by atoms with Gasteiger partial charge in [-0.1, -0.05) is 12.5 Å². The number of nitrogens with one attached hydrogen (secondary N) is 1. The lowest BCUT2D eigenvalue weighted by Crippen LogP contribution is -2.49. The van der Waals surface area contributed by atoms with Crippen molar-refractivity contribution >= 4 is 11.7 Å². The zero-order valence-electron chi connectivity index (χ0n) is 16.9. The first kappa shape index (κ1) is 21.2. The molecule has 1 amide bonds. The number of hydrogen-bond acceptors (Lipinski definition) is 5. The van der Waals surface area contributed by atoms with Crippen LogP contribution in [-0.4, -0.2) is 34.1 Å². The zero-order chi connectivity index (χ0) is 22.3. The van der Waals surface area contributed by atoms with Gasteiger partial charge in [-0.2, -0.15) is 0 Å². The number of aromatic hydroxyl groups is 1. The topological polar surface area (TPSA) is 97.6 Å². The van der Waals surface area contributed by atoms with Gasteiger partial charge in [-0.3, -0.25) is 14.4 Å². The molecule has 1 saturated heterocycles. The molecule has 2 atom stereocenters. The Labute approximate surface area is 176 Å². The minimum Gasteiger partial charge on any atom is -0.503 e. The number of carbonyl (C=O) groups is 2. The highest BCUT2D eigenvalue weighted by Gasteiger charge is 2.49. The van der Waals surface area contributed by atoms with E-state index in [9.17, 15) is 28.3 Å². The fourth-order valence-corrected chi connectivity index (χ4v) is 4.26.